The predicted molar refractivity (Wildman–Crippen MR) is 72.9 cm³/mol. The summed E-state index contributed by atoms with van der Waals surface area (Å²) in [5, 5.41) is 0.635. The Bertz CT molecular complexity index is 480. The van der Waals surface area contributed by atoms with E-state index in [9.17, 15) is 0 Å². The first kappa shape index (κ1) is 13.0. The molecule has 2 aliphatic rings. The molecule has 1 aromatic rings. The molecule has 1 saturated heterocycles. The molecule has 2 aliphatic heterocycles. The van der Waals surface area contributed by atoms with Gasteiger partial charge in [-0.15, -0.1) is 0 Å². The Kier molecular flexibility index (Phi) is 3.56. The van der Waals surface area contributed by atoms with Crippen molar-refractivity contribution >= 4 is 11.6 Å². The summed E-state index contributed by atoms with van der Waals surface area (Å²) in [4.78, 5) is 0. The maximum absolute atomic E-state index is 6.34. The molecule has 0 aliphatic carbocycles. The smallest absolute Gasteiger partial charge is 0.162 e. The molecular weight excluding hydrogens is 266 g/mol. The standard InChI is InChI=1S/C14H18ClNO3/c1-8-4-9(7-19-8)14(16)10-5-12-13(6-11(10)15)18-3-2-17-12/h5-6,8-9,14H,2-4,7,16H2,1H3. The van der Waals surface area contributed by atoms with Crippen molar-refractivity contribution in [3.8, 4) is 11.5 Å². The highest BCUT2D eigenvalue weighted by Crippen LogP contribution is 2.40. The van der Waals surface area contributed by atoms with E-state index in [2.05, 4.69) is 6.92 Å². The fourth-order valence-electron chi connectivity index (χ4n) is 2.69. The van der Waals surface area contributed by atoms with Crippen LogP contribution in [0.2, 0.25) is 5.02 Å². The van der Waals surface area contributed by atoms with Gasteiger partial charge in [-0.1, -0.05) is 11.6 Å². The van der Waals surface area contributed by atoms with Crippen LogP contribution in [-0.2, 0) is 4.74 Å². The van der Waals surface area contributed by atoms with Crippen LogP contribution >= 0.6 is 11.6 Å². The molecule has 3 rings (SSSR count). The topological polar surface area (TPSA) is 53.7 Å². The number of fused-ring (bicyclic) bond motifs is 1. The minimum atomic E-state index is -0.131. The van der Waals surface area contributed by atoms with E-state index in [0.29, 0.717) is 36.5 Å². The second-order valence-electron chi connectivity index (χ2n) is 5.18. The van der Waals surface area contributed by atoms with Gasteiger partial charge in [0.05, 0.1) is 12.7 Å². The summed E-state index contributed by atoms with van der Waals surface area (Å²) in [7, 11) is 0. The highest BCUT2D eigenvalue weighted by Gasteiger charge is 2.30. The van der Waals surface area contributed by atoms with Gasteiger partial charge in [-0.05, 0) is 25.0 Å². The lowest BCUT2D eigenvalue weighted by Gasteiger charge is -2.24. The Morgan fingerprint density at radius 3 is 2.58 bits per heavy atom. The molecule has 1 fully saturated rings. The molecule has 0 spiro atoms. The maximum atomic E-state index is 6.34. The van der Waals surface area contributed by atoms with E-state index in [1.54, 1.807) is 6.07 Å². The van der Waals surface area contributed by atoms with Gasteiger partial charge in [-0.3, -0.25) is 0 Å². The van der Waals surface area contributed by atoms with Gasteiger partial charge in [-0.25, -0.2) is 0 Å². The number of hydrogen-bond donors (Lipinski definition) is 1. The van der Waals surface area contributed by atoms with Gasteiger partial charge in [0.1, 0.15) is 13.2 Å². The molecule has 2 N–H and O–H groups in total. The van der Waals surface area contributed by atoms with Crippen LogP contribution in [0.15, 0.2) is 12.1 Å². The average molecular weight is 284 g/mol. The normalized spacial score (nSPS) is 27.3. The van der Waals surface area contributed by atoms with Crippen LogP contribution in [0.25, 0.3) is 0 Å². The van der Waals surface area contributed by atoms with Crippen molar-refractivity contribution in [1.82, 2.24) is 0 Å². The summed E-state index contributed by atoms with van der Waals surface area (Å²) < 4.78 is 16.7. The summed E-state index contributed by atoms with van der Waals surface area (Å²) in [6.07, 6.45) is 1.23. The Balaban J connectivity index is 1.87. The summed E-state index contributed by atoms with van der Waals surface area (Å²) in [5.74, 6) is 1.73. The van der Waals surface area contributed by atoms with E-state index in [-0.39, 0.29) is 12.1 Å². The van der Waals surface area contributed by atoms with Crippen LogP contribution in [-0.4, -0.2) is 25.9 Å². The Labute approximate surface area is 117 Å². The predicted octanol–water partition coefficient (Wildman–Crippen LogP) is 2.54. The van der Waals surface area contributed by atoms with Crippen molar-refractivity contribution in [2.24, 2.45) is 11.7 Å². The van der Waals surface area contributed by atoms with Crippen LogP contribution < -0.4 is 15.2 Å². The molecule has 1 aromatic carbocycles. The van der Waals surface area contributed by atoms with Gasteiger partial charge < -0.3 is 19.9 Å². The second-order valence-corrected chi connectivity index (χ2v) is 5.59. The van der Waals surface area contributed by atoms with E-state index in [0.717, 1.165) is 17.7 Å². The van der Waals surface area contributed by atoms with E-state index >= 15 is 0 Å². The molecular formula is C14H18ClNO3. The fraction of sp³-hybridized carbons (Fsp3) is 0.571. The lowest BCUT2D eigenvalue weighted by Crippen LogP contribution is -2.23. The lowest BCUT2D eigenvalue weighted by molar-refractivity contribution is 0.118. The monoisotopic (exact) mass is 283 g/mol. The Hall–Kier alpha value is -0.970. The fourth-order valence-corrected chi connectivity index (χ4v) is 2.97. The van der Waals surface area contributed by atoms with E-state index in [1.807, 2.05) is 6.07 Å². The van der Waals surface area contributed by atoms with Crippen molar-refractivity contribution in [2.45, 2.75) is 25.5 Å². The van der Waals surface area contributed by atoms with Gasteiger partial charge in [0.25, 0.3) is 0 Å². The molecule has 3 atom stereocenters. The number of benzene rings is 1. The van der Waals surface area contributed by atoms with E-state index in [4.69, 9.17) is 31.5 Å². The van der Waals surface area contributed by atoms with Gasteiger partial charge in [-0.2, -0.15) is 0 Å². The number of rotatable bonds is 2. The third kappa shape index (κ3) is 2.53. The number of hydrogen-bond acceptors (Lipinski definition) is 4. The summed E-state index contributed by atoms with van der Waals surface area (Å²) >= 11 is 6.31. The largest absolute Gasteiger partial charge is 0.486 e. The highest BCUT2D eigenvalue weighted by atomic mass is 35.5. The van der Waals surface area contributed by atoms with Gasteiger partial charge in [0, 0.05) is 23.0 Å². The molecule has 5 heteroatoms. The quantitative estimate of drug-likeness (QED) is 0.906. The number of nitrogens with two attached hydrogens (primary N) is 1. The molecule has 0 radical (unpaired) electrons. The highest BCUT2D eigenvalue weighted by molar-refractivity contribution is 6.31. The average Bonchev–Trinajstić information content (AvgIpc) is 2.84. The zero-order valence-corrected chi connectivity index (χ0v) is 11.7. The molecule has 104 valence electrons. The van der Waals surface area contributed by atoms with E-state index in [1.165, 1.54) is 0 Å². The molecule has 0 saturated carbocycles. The molecule has 0 aromatic heterocycles. The molecule has 4 nitrogen and oxygen atoms in total. The van der Waals surface area contributed by atoms with E-state index < -0.39 is 0 Å². The first-order chi connectivity index (χ1) is 9.15. The van der Waals surface area contributed by atoms with Crippen LogP contribution in [0.5, 0.6) is 11.5 Å². The molecule has 2 heterocycles. The third-order valence-corrected chi connectivity index (χ3v) is 4.09. The molecule has 0 bridgehead atoms. The van der Waals surface area contributed by atoms with Crippen molar-refractivity contribution in [2.75, 3.05) is 19.8 Å². The minimum absolute atomic E-state index is 0.131. The lowest BCUT2D eigenvalue weighted by atomic mass is 9.91. The molecule has 3 unspecified atom stereocenters. The second kappa shape index (κ2) is 5.19. The van der Waals surface area contributed by atoms with Crippen molar-refractivity contribution in [3.63, 3.8) is 0 Å². The maximum Gasteiger partial charge on any atom is 0.162 e. The zero-order chi connectivity index (χ0) is 13.4. The third-order valence-electron chi connectivity index (χ3n) is 3.76. The summed E-state index contributed by atoms with van der Waals surface area (Å²) in [6, 6.07) is 3.57. The van der Waals surface area contributed by atoms with Crippen molar-refractivity contribution in [1.29, 1.82) is 0 Å². The van der Waals surface area contributed by atoms with Gasteiger partial charge in [0.2, 0.25) is 0 Å². The first-order valence-electron chi connectivity index (χ1n) is 6.61. The number of ether oxygens (including phenoxy) is 3. The zero-order valence-electron chi connectivity index (χ0n) is 10.9. The van der Waals surface area contributed by atoms with Crippen LogP contribution in [0.3, 0.4) is 0 Å². The first-order valence-corrected chi connectivity index (χ1v) is 6.99. The van der Waals surface area contributed by atoms with Gasteiger partial charge in [0.15, 0.2) is 11.5 Å². The summed E-state index contributed by atoms with van der Waals surface area (Å²) in [6.45, 7) is 3.88. The van der Waals surface area contributed by atoms with Crippen LogP contribution in [0, 0.1) is 5.92 Å². The Morgan fingerprint density at radius 2 is 1.95 bits per heavy atom. The minimum Gasteiger partial charge on any atom is -0.486 e. The molecule has 0 amide bonds. The van der Waals surface area contributed by atoms with Gasteiger partial charge >= 0.3 is 0 Å². The van der Waals surface area contributed by atoms with Crippen molar-refractivity contribution < 1.29 is 14.2 Å². The van der Waals surface area contributed by atoms with Crippen LogP contribution in [0.4, 0.5) is 0 Å². The summed E-state index contributed by atoms with van der Waals surface area (Å²) in [5.41, 5.74) is 7.25. The van der Waals surface area contributed by atoms with Crippen LogP contribution in [0.1, 0.15) is 24.9 Å². The SMILES string of the molecule is CC1CC(C(N)c2cc3c(cc2Cl)OCCO3)CO1. The molecule has 19 heavy (non-hydrogen) atoms. The number of halogens is 1. The Morgan fingerprint density at radius 1 is 1.26 bits per heavy atom. The van der Waals surface area contributed by atoms with Crippen molar-refractivity contribution in [3.05, 3.63) is 22.7 Å².